The molecule has 0 atom stereocenters. The lowest BCUT2D eigenvalue weighted by Crippen LogP contribution is -2.31. The van der Waals surface area contributed by atoms with Crippen molar-refractivity contribution in [1.82, 2.24) is 0 Å². The Hall–Kier alpha value is -1.55. The topological polar surface area (TPSA) is 72.3 Å². The second-order valence-electron chi connectivity index (χ2n) is 3.16. The third-order valence-corrected chi connectivity index (χ3v) is 2.02. The fourth-order valence-corrected chi connectivity index (χ4v) is 1.37. The van der Waals surface area contributed by atoms with Crippen molar-refractivity contribution in [3.63, 3.8) is 0 Å². The molecule has 4 nitrogen and oxygen atoms in total. The molecule has 1 amide bonds. The van der Waals surface area contributed by atoms with E-state index in [4.69, 9.17) is 11.5 Å². The van der Waals surface area contributed by atoms with Crippen LogP contribution in [0.2, 0.25) is 0 Å². The van der Waals surface area contributed by atoms with E-state index in [0.29, 0.717) is 6.54 Å². The minimum atomic E-state index is -0.348. The van der Waals surface area contributed by atoms with Gasteiger partial charge in [0, 0.05) is 19.3 Å². The Morgan fingerprint density at radius 2 is 2.07 bits per heavy atom. The van der Waals surface area contributed by atoms with Gasteiger partial charge in [0.2, 0.25) is 5.91 Å². The molecule has 1 aromatic carbocycles. The summed E-state index contributed by atoms with van der Waals surface area (Å²) in [5, 5.41) is 0. The van der Waals surface area contributed by atoms with Crippen LogP contribution in [0.4, 0.5) is 5.69 Å². The maximum Gasteiger partial charge on any atom is 0.236 e. The molecule has 4 heteroatoms. The fraction of sp³-hybridized carbons (Fsp3) is 0.300. The van der Waals surface area contributed by atoms with Crippen molar-refractivity contribution < 1.29 is 4.79 Å². The molecule has 0 bridgehead atoms. The molecule has 1 rings (SSSR count). The minimum absolute atomic E-state index is 0.205. The Labute approximate surface area is 83.5 Å². The average Bonchev–Trinajstić information content (AvgIpc) is 2.16. The zero-order chi connectivity index (χ0) is 10.6. The van der Waals surface area contributed by atoms with Crippen LogP contribution in [0.25, 0.3) is 0 Å². The molecular formula is C10H15N3O. The molecule has 14 heavy (non-hydrogen) atoms. The number of hydrogen-bond acceptors (Lipinski definition) is 3. The molecule has 0 saturated heterocycles. The Morgan fingerprint density at radius 3 is 2.64 bits per heavy atom. The van der Waals surface area contributed by atoms with Gasteiger partial charge in [-0.25, -0.2) is 0 Å². The molecular weight excluding hydrogens is 178 g/mol. The van der Waals surface area contributed by atoms with E-state index in [1.165, 1.54) is 0 Å². The SMILES string of the molecule is CN(CC(N)=O)c1ccccc1CN. The van der Waals surface area contributed by atoms with Gasteiger partial charge in [0.25, 0.3) is 0 Å². The quantitative estimate of drug-likeness (QED) is 0.710. The summed E-state index contributed by atoms with van der Waals surface area (Å²) in [6, 6.07) is 7.69. The lowest BCUT2D eigenvalue weighted by atomic mass is 10.1. The molecule has 0 unspecified atom stereocenters. The monoisotopic (exact) mass is 193 g/mol. The van der Waals surface area contributed by atoms with Crippen LogP contribution in [-0.4, -0.2) is 19.5 Å². The van der Waals surface area contributed by atoms with Gasteiger partial charge in [-0.3, -0.25) is 4.79 Å². The summed E-state index contributed by atoms with van der Waals surface area (Å²) in [5.74, 6) is -0.348. The molecule has 76 valence electrons. The van der Waals surface area contributed by atoms with Crippen LogP contribution in [0.5, 0.6) is 0 Å². The summed E-state index contributed by atoms with van der Waals surface area (Å²) >= 11 is 0. The first-order chi connectivity index (χ1) is 6.65. The number of benzene rings is 1. The third kappa shape index (κ3) is 2.47. The number of anilines is 1. The summed E-state index contributed by atoms with van der Waals surface area (Å²) in [5.41, 5.74) is 12.6. The van der Waals surface area contributed by atoms with Gasteiger partial charge in [0.05, 0.1) is 6.54 Å². The predicted molar refractivity (Wildman–Crippen MR) is 56.8 cm³/mol. The maximum atomic E-state index is 10.7. The summed E-state index contributed by atoms with van der Waals surface area (Å²) in [7, 11) is 1.82. The van der Waals surface area contributed by atoms with Crippen LogP contribution in [0.1, 0.15) is 5.56 Å². The van der Waals surface area contributed by atoms with E-state index in [1.54, 1.807) is 4.90 Å². The summed E-state index contributed by atoms with van der Waals surface area (Å²) in [6.45, 7) is 0.663. The highest BCUT2D eigenvalue weighted by molar-refractivity contribution is 5.79. The van der Waals surface area contributed by atoms with Crippen LogP contribution < -0.4 is 16.4 Å². The van der Waals surface area contributed by atoms with Crippen molar-refractivity contribution in [3.05, 3.63) is 29.8 Å². The second-order valence-corrected chi connectivity index (χ2v) is 3.16. The van der Waals surface area contributed by atoms with Crippen LogP contribution >= 0.6 is 0 Å². The van der Waals surface area contributed by atoms with Crippen molar-refractivity contribution >= 4 is 11.6 Å². The molecule has 0 aliphatic carbocycles. The van der Waals surface area contributed by atoms with E-state index >= 15 is 0 Å². The normalized spacial score (nSPS) is 9.86. The zero-order valence-corrected chi connectivity index (χ0v) is 8.23. The van der Waals surface area contributed by atoms with E-state index in [2.05, 4.69) is 0 Å². The molecule has 0 aliphatic rings. The number of carbonyl (C=O) groups excluding carboxylic acids is 1. The number of para-hydroxylation sites is 1. The number of hydrogen-bond donors (Lipinski definition) is 2. The first-order valence-electron chi connectivity index (χ1n) is 4.42. The van der Waals surface area contributed by atoms with E-state index in [-0.39, 0.29) is 12.5 Å². The summed E-state index contributed by atoms with van der Waals surface area (Å²) < 4.78 is 0. The van der Waals surface area contributed by atoms with Crippen molar-refractivity contribution in [3.8, 4) is 0 Å². The molecule has 0 saturated carbocycles. The maximum absolute atomic E-state index is 10.7. The third-order valence-electron chi connectivity index (χ3n) is 2.02. The van der Waals surface area contributed by atoms with Crippen molar-refractivity contribution in [2.75, 3.05) is 18.5 Å². The van der Waals surface area contributed by atoms with Gasteiger partial charge < -0.3 is 16.4 Å². The Balaban J connectivity index is 2.87. The lowest BCUT2D eigenvalue weighted by molar-refractivity contribution is -0.116. The second kappa shape index (κ2) is 4.62. The molecule has 0 spiro atoms. The highest BCUT2D eigenvalue weighted by Crippen LogP contribution is 2.17. The number of carbonyl (C=O) groups is 1. The molecule has 0 aromatic heterocycles. The van der Waals surface area contributed by atoms with E-state index in [0.717, 1.165) is 11.3 Å². The van der Waals surface area contributed by atoms with E-state index < -0.39 is 0 Å². The van der Waals surface area contributed by atoms with Gasteiger partial charge in [-0.15, -0.1) is 0 Å². The van der Waals surface area contributed by atoms with Crippen molar-refractivity contribution in [2.24, 2.45) is 11.5 Å². The van der Waals surface area contributed by atoms with Gasteiger partial charge in [0.1, 0.15) is 0 Å². The van der Waals surface area contributed by atoms with Gasteiger partial charge in [-0.1, -0.05) is 18.2 Å². The predicted octanol–water partition coefficient (Wildman–Crippen LogP) is 0.0668. The van der Waals surface area contributed by atoms with Crippen molar-refractivity contribution in [2.45, 2.75) is 6.54 Å². The summed E-state index contributed by atoms with van der Waals surface area (Å²) in [4.78, 5) is 12.5. The van der Waals surface area contributed by atoms with Crippen molar-refractivity contribution in [1.29, 1.82) is 0 Å². The molecule has 1 aromatic rings. The first-order valence-corrected chi connectivity index (χ1v) is 4.42. The molecule has 4 N–H and O–H groups in total. The number of nitrogens with zero attached hydrogens (tertiary/aromatic N) is 1. The molecule has 0 aliphatic heterocycles. The Kier molecular flexibility index (Phi) is 3.48. The minimum Gasteiger partial charge on any atom is -0.368 e. The largest absolute Gasteiger partial charge is 0.368 e. The average molecular weight is 193 g/mol. The lowest BCUT2D eigenvalue weighted by Gasteiger charge is -2.20. The smallest absolute Gasteiger partial charge is 0.236 e. The number of rotatable bonds is 4. The highest BCUT2D eigenvalue weighted by atomic mass is 16.1. The van der Waals surface area contributed by atoms with Crippen LogP contribution in [-0.2, 0) is 11.3 Å². The van der Waals surface area contributed by atoms with Crippen LogP contribution in [0.15, 0.2) is 24.3 Å². The zero-order valence-electron chi connectivity index (χ0n) is 8.23. The van der Waals surface area contributed by atoms with E-state index in [9.17, 15) is 4.79 Å². The number of primary amides is 1. The standard InChI is InChI=1S/C10H15N3O/c1-13(7-10(12)14)9-5-3-2-4-8(9)6-11/h2-5H,6-7,11H2,1H3,(H2,12,14). The van der Waals surface area contributed by atoms with Gasteiger partial charge in [-0.2, -0.15) is 0 Å². The first kappa shape index (κ1) is 10.5. The molecule has 0 heterocycles. The van der Waals surface area contributed by atoms with Crippen LogP contribution in [0.3, 0.4) is 0 Å². The van der Waals surface area contributed by atoms with Crippen LogP contribution in [0, 0.1) is 0 Å². The fourth-order valence-electron chi connectivity index (χ4n) is 1.37. The Morgan fingerprint density at radius 1 is 1.43 bits per heavy atom. The number of nitrogens with two attached hydrogens (primary N) is 2. The molecule has 0 fully saturated rings. The Bertz CT molecular complexity index is 325. The van der Waals surface area contributed by atoms with Gasteiger partial charge in [-0.05, 0) is 11.6 Å². The van der Waals surface area contributed by atoms with Gasteiger partial charge >= 0.3 is 0 Å². The highest BCUT2D eigenvalue weighted by Gasteiger charge is 2.07. The summed E-state index contributed by atoms with van der Waals surface area (Å²) in [6.07, 6.45) is 0. The number of likely N-dealkylation sites (N-methyl/N-ethyl adjacent to an activating group) is 1. The van der Waals surface area contributed by atoms with Gasteiger partial charge in [0.15, 0.2) is 0 Å². The number of amides is 1. The van der Waals surface area contributed by atoms with E-state index in [1.807, 2.05) is 31.3 Å². The molecule has 0 radical (unpaired) electrons.